The Morgan fingerprint density at radius 3 is 2.32 bits per heavy atom. The van der Waals surface area contributed by atoms with Crippen molar-refractivity contribution in [3.05, 3.63) is 53.3 Å². The van der Waals surface area contributed by atoms with Crippen LogP contribution in [0.2, 0.25) is 0 Å². The predicted octanol–water partition coefficient (Wildman–Crippen LogP) is 2.75. The number of hydrogen-bond donors (Lipinski definition) is 1. The molecule has 22 heavy (non-hydrogen) atoms. The lowest BCUT2D eigenvalue weighted by Gasteiger charge is -2.02. The molecule has 2 N–H and O–H groups in total. The lowest BCUT2D eigenvalue weighted by molar-refractivity contribution is 0.0817. The molecule has 2 aromatic rings. The number of aromatic nitrogens is 1. The van der Waals surface area contributed by atoms with Gasteiger partial charge in [0, 0.05) is 36.0 Å². The lowest BCUT2D eigenvalue weighted by atomic mass is 10.0. The molecular weight excluding hydrogens is 280 g/mol. The van der Waals surface area contributed by atoms with Crippen molar-refractivity contribution in [2.45, 2.75) is 26.8 Å². The third kappa shape index (κ3) is 2.98. The van der Waals surface area contributed by atoms with Gasteiger partial charge in [-0.3, -0.25) is 14.4 Å². The van der Waals surface area contributed by atoms with Gasteiger partial charge in [-0.1, -0.05) is 19.1 Å². The molecule has 0 unspecified atom stereocenters. The molecule has 0 saturated carbocycles. The summed E-state index contributed by atoms with van der Waals surface area (Å²) >= 11 is 0. The van der Waals surface area contributed by atoms with E-state index in [9.17, 15) is 14.4 Å². The molecule has 1 heterocycles. The first-order valence-corrected chi connectivity index (χ1v) is 7.15. The van der Waals surface area contributed by atoms with E-state index in [1.54, 1.807) is 35.9 Å². The van der Waals surface area contributed by atoms with Gasteiger partial charge in [0.2, 0.25) is 11.6 Å². The summed E-state index contributed by atoms with van der Waals surface area (Å²) in [5, 5.41) is 0. The van der Waals surface area contributed by atoms with E-state index in [1.165, 1.54) is 12.1 Å². The molecule has 0 aliphatic heterocycles. The number of nitrogens with two attached hydrogens (primary N) is 1. The topological polar surface area (TPSA) is 82.2 Å². The summed E-state index contributed by atoms with van der Waals surface area (Å²) in [6, 6.07) is 7.77. The number of carbonyl (C=O) groups is 3. The maximum Gasteiger partial charge on any atom is 0.235 e. The monoisotopic (exact) mass is 298 g/mol. The first-order chi connectivity index (χ1) is 10.5. The Hall–Kier alpha value is -2.69. The zero-order valence-electron chi connectivity index (χ0n) is 12.6. The molecule has 1 aromatic heterocycles. The standard InChI is InChI=1S/C17H18N2O3/c1-3-15(20)14-9-12(10-19(14)4-2)17(22)16(21)11-6-5-7-13(18)8-11/h5-10H,3-4,18H2,1-2H3. The zero-order chi connectivity index (χ0) is 16.3. The van der Waals surface area contributed by atoms with Gasteiger partial charge < -0.3 is 10.3 Å². The van der Waals surface area contributed by atoms with Crippen LogP contribution in [0.1, 0.15) is 51.5 Å². The van der Waals surface area contributed by atoms with Crippen LogP contribution in [0.4, 0.5) is 5.69 Å². The number of Topliss-reactive ketones (excluding diaryl/α,β-unsaturated/α-hetero) is 3. The molecule has 1 aromatic carbocycles. The molecule has 2 rings (SSSR count). The average molecular weight is 298 g/mol. The van der Waals surface area contributed by atoms with Gasteiger partial charge in [0.25, 0.3) is 0 Å². The highest BCUT2D eigenvalue weighted by molar-refractivity contribution is 6.49. The van der Waals surface area contributed by atoms with Gasteiger partial charge in [-0.2, -0.15) is 0 Å². The zero-order valence-corrected chi connectivity index (χ0v) is 12.6. The molecule has 0 saturated heterocycles. The number of aryl methyl sites for hydroxylation is 1. The van der Waals surface area contributed by atoms with Crippen molar-refractivity contribution in [1.82, 2.24) is 4.57 Å². The number of nitrogens with zero attached hydrogens (tertiary/aromatic N) is 1. The van der Waals surface area contributed by atoms with Crippen molar-refractivity contribution in [3.63, 3.8) is 0 Å². The van der Waals surface area contributed by atoms with Gasteiger partial charge in [0.1, 0.15) is 0 Å². The van der Waals surface area contributed by atoms with E-state index >= 15 is 0 Å². The van der Waals surface area contributed by atoms with Crippen LogP contribution in [0.15, 0.2) is 36.5 Å². The minimum Gasteiger partial charge on any atom is -0.399 e. The molecule has 0 amide bonds. The smallest absolute Gasteiger partial charge is 0.235 e. The Kier molecular flexibility index (Phi) is 4.56. The second-order valence-corrected chi connectivity index (χ2v) is 4.96. The molecule has 0 aliphatic carbocycles. The van der Waals surface area contributed by atoms with E-state index in [0.29, 0.717) is 24.3 Å². The van der Waals surface area contributed by atoms with Crippen LogP contribution in [-0.4, -0.2) is 21.9 Å². The van der Waals surface area contributed by atoms with E-state index in [0.717, 1.165) is 0 Å². The summed E-state index contributed by atoms with van der Waals surface area (Å²) < 4.78 is 1.69. The Balaban J connectivity index is 2.35. The van der Waals surface area contributed by atoms with Crippen molar-refractivity contribution < 1.29 is 14.4 Å². The summed E-state index contributed by atoms with van der Waals surface area (Å²) in [6.45, 7) is 4.19. The fourth-order valence-electron chi connectivity index (χ4n) is 2.25. The van der Waals surface area contributed by atoms with Crippen molar-refractivity contribution in [1.29, 1.82) is 0 Å². The van der Waals surface area contributed by atoms with Gasteiger partial charge in [-0.05, 0) is 25.1 Å². The Labute approximate surface area is 128 Å². The van der Waals surface area contributed by atoms with Gasteiger partial charge in [-0.15, -0.1) is 0 Å². The van der Waals surface area contributed by atoms with Crippen molar-refractivity contribution in [3.8, 4) is 0 Å². The lowest BCUT2D eigenvalue weighted by Crippen LogP contribution is -2.14. The summed E-state index contributed by atoms with van der Waals surface area (Å²) in [5.74, 6) is -1.32. The van der Waals surface area contributed by atoms with Crippen LogP contribution in [-0.2, 0) is 6.54 Å². The van der Waals surface area contributed by atoms with Crippen LogP contribution in [0.5, 0.6) is 0 Å². The normalized spacial score (nSPS) is 10.5. The SMILES string of the molecule is CCC(=O)c1cc(C(=O)C(=O)c2cccc(N)c2)cn1CC. The second kappa shape index (κ2) is 6.39. The maximum atomic E-state index is 12.3. The largest absolute Gasteiger partial charge is 0.399 e. The highest BCUT2D eigenvalue weighted by atomic mass is 16.2. The number of anilines is 1. The Bertz CT molecular complexity index is 744. The van der Waals surface area contributed by atoms with Gasteiger partial charge in [0.05, 0.1) is 5.69 Å². The van der Waals surface area contributed by atoms with E-state index in [1.807, 2.05) is 6.92 Å². The fraction of sp³-hybridized carbons (Fsp3) is 0.235. The quantitative estimate of drug-likeness (QED) is 0.505. The molecule has 5 nitrogen and oxygen atoms in total. The van der Waals surface area contributed by atoms with Crippen LogP contribution in [0.3, 0.4) is 0 Å². The molecule has 114 valence electrons. The minimum absolute atomic E-state index is 0.0581. The van der Waals surface area contributed by atoms with Crippen LogP contribution < -0.4 is 5.73 Å². The van der Waals surface area contributed by atoms with E-state index < -0.39 is 11.6 Å². The third-order valence-corrected chi connectivity index (χ3v) is 3.46. The highest BCUT2D eigenvalue weighted by Crippen LogP contribution is 2.15. The van der Waals surface area contributed by atoms with Crippen molar-refractivity contribution in [2.24, 2.45) is 0 Å². The Morgan fingerprint density at radius 1 is 1.05 bits per heavy atom. The van der Waals surface area contributed by atoms with Gasteiger partial charge in [-0.25, -0.2) is 0 Å². The Morgan fingerprint density at radius 2 is 1.73 bits per heavy atom. The molecular formula is C17H18N2O3. The van der Waals surface area contributed by atoms with E-state index in [4.69, 9.17) is 5.73 Å². The fourth-order valence-corrected chi connectivity index (χ4v) is 2.25. The van der Waals surface area contributed by atoms with E-state index in [2.05, 4.69) is 0 Å². The highest BCUT2D eigenvalue weighted by Gasteiger charge is 2.22. The summed E-state index contributed by atoms with van der Waals surface area (Å²) in [4.78, 5) is 36.5. The maximum absolute atomic E-state index is 12.3. The molecule has 0 aliphatic rings. The number of ketones is 3. The predicted molar refractivity (Wildman–Crippen MR) is 84.2 cm³/mol. The second-order valence-electron chi connectivity index (χ2n) is 4.96. The average Bonchev–Trinajstić information content (AvgIpc) is 2.97. The van der Waals surface area contributed by atoms with Crippen LogP contribution in [0, 0.1) is 0 Å². The summed E-state index contributed by atoms with van der Waals surface area (Å²) in [7, 11) is 0. The third-order valence-electron chi connectivity index (χ3n) is 3.46. The summed E-state index contributed by atoms with van der Waals surface area (Å²) in [6.07, 6.45) is 1.90. The molecule has 0 fully saturated rings. The number of nitrogen functional groups attached to an aromatic ring is 1. The first kappa shape index (κ1) is 15.7. The number of hydrogen-bond acceptors (Lipinski definition) is 4. The number of rotatable bonds is 6. The van der Waals surface area contributed by atoms with E-state index in [-0.39, 0.29) is 16.9 Å². The van der Waals surface area contributed by atoms with Gasteiger partial charge >= 0.3 is 0 Å². The van der Waals surface area contributed by atoms with Crippen LogP contribution in [0.25, 0.3) is 0 Å². The molecule has 0 atom stereocenters. The molecule has 5 heteroatoms. The first-order valence-electron chi connectivity index (χ1n) is 7.15. The molecule has 0 bridgehead atoms. The van der Waals surface area contributed by atoms with Gasteiger partial charge in [0.15, 0.2) is 5.78 Å². The molecule has 0 spiro atoms. The molecule has 0 radical (unpaired) electrons. The van der Waals surface area contributed by atoms with Crippen molar-refractivity contribution >= 4 is 23.0 Å². The number of benzene rings is 1. The van der Waals surface area contributed by atoms with Crippen molar-refractivity contribution in [2.75, 3.05) is 5.73 Å². The van der Waals surface area contributed by atoms with Crippen LogP contribution >= 0.6 is 0 Å². The number of carbonyl (C=O) groups excluding carboxylic acids is 3. The minimum atomic E-state index is -0.636. The summed E-state index contributed by atoms with van der Waals surface area (Å²) in [5.41, 5.74) is 6.98.